The van der Waals surface area contributed by atoms with Crippen LogP contribution in [-0.2, 0) is 12.7 Å². The molecule has 3 rings (SSSR count). The van der Waals surface area contributed by atoms with Gasteiger partial charge in [0.05, 0.1) is 5.56 Å². The largest absolute Gasteiger partial charge is 0.416 e. The lowest BCUT2D eigenvalue weighted by molar-refractivity contribution is -0.137. The molecule has 1 saturated heterocycles. The van der Waals surface area contributed by atoms with Crippen molar-refractivity contribution < 1.29 is 13.2 Å². The van der Waals surface area contributed by atoms with Crippen LogP contribution in [0.5, 0.6) is 0 Å². The van der Waals surface area contributed by atoms with Gasteiger partial charge in [0.15, 0.2) is 0 Å². The van der Waals surface area contributed by atoms with Crippen LogP contribution < -0.4 is 5.32 Å². The predicted octanol–water partition coefficient (Wildman–Crippen LogP) is 3.42. The second kappa shape index (κ2) is 5.97. The number of halogens is 3. The molecule has 2 fully saturated rings. The molecule has 0 spiro atoms. The summed E-state index contributed by atoms with van der Waals surface area (Å²) in [4.78, 5) is 2.54. The highest BCUT2D eigenvalue weighted by Gasteiger charge is 2.32. The summed E-state index contributed by atoms with van der Waals surface area (Å²) in [6, 6.07) is 6.84. The van der Waals surface area contributed by atoms with Crippen molar-refractivity contribution in [2.24, 2.45) is 0 Å². The van der Waals surface area contributed by atoms with Crippen molar-refractivity contribution >= 4 is 0 Å². The van der Waals surface area contributed by atoms with Crippen LogP contribution in [0.25, 0.3) is 0 Å². The van der Waals surface area contributed by atoms with Gasteiger partial charge in [-0.25, -0.2) is 0 Å². The molecule has 1 aliphatic carbocycles. The molecule has 1 N–H and O–H groups in total. The van der Waals surface area contributed by atoms with Gasteiger partial charge in [0.2, 0.25) is 0 Å². The average molecular weight is 298 g/mol. The maximum Gasteiger partial charge on any atom is 0.416 e. The van der Waals surface area contributed by atoms with E-state index in [9.17, 15) is 13.2 Å². The van der Waals surface area contributed by atoms with Gasteiger partial charge >= 0.3 is 6.18 Å². The van der Waals surface area contributed by atoms with E-state index in [0.717, 1.165) is 38.0 Å². The van der Waals surface area contributed by atoms with E-state index < -0.39 is 11.7 Å². The highest BCUT2D eigenvalue weighted by atomic mass is 19.4. The van der Waals surface area contributed by atoms with E-state index in [1.807, 2.05) is 0 Å². The molecule has 116 valence electrons. The number of benzene rings is 1. The summed E-state index contributed by atoms with van der Waals surface area (Å²) in [5.74, 6) is 0. The minimum Gasteiger partial charge on any atom is -0.310 e. The van der Waals surface area contributed by atoms with E-state index >= 15 is 0 Å². The lowest BCUT2D eigenvalue weighted by Gasteiger charge is -2.32. The highest BCUT2D eigenvalue weighted by Crippen LogP contribution is 2.30. The molecule has 1 aromatic carbocycles. The van der Waals surface area contributed by atoms with Crippen molar-refractivity contribution in [3.8, 4) is 0 Å². The molecule has 1 saturated carbocycles. The molecule has 5 heteroatoms. The van der Waals surface area contributed by atoms with E-state index in [1.165, 1.54) is 25.0 Å². The van der Waals surface area contributed by atoms with Crippen molar-refractivity contribution in [2.75, 3.05) is 13.1 Å². The van der Waals surface area contributed by atoms with E-state index in [4.69, 9.17) is 0 Å². The average Bonchev–Trinajstić information content (AvgIpc) is 3.30. The molecule has 0 aromatic heterocycles. The fourth-order valence-electron chi connectivity index (χ4n) is 3.03. The monoisotopic (exact) mass is 298 g/mol. The van der Waals surface area contributed by atoms with Crippen molar-refractivity contribution in [1.82, 2.24) is 10.2 Å². The lowest BCUT2D eigenvalue weighted by atomic mass is 10.0. The van der Waals surface area contributed by atoms with Gasteiger partial charge < -0.3 is 10.2 Å². The summed E-state index contributed by atoms with van der Waals surface area (Å²) in [7, 11) is 0. The minimum atomic E-state index is -4.26. The molecule has 1 aliphatic heterocycles. The number of nitrogens with zero attached hydrogens (tertiary/aromatic N) is 1. The molecule has 0 bridgehead atoms. The smallest absolute Gasteiger partial charge is 0.310 e. The summed E-state index contributed by atoms with van der Waals surface area (Å²) < 4.78 is 38.0. The first-order chi connectivity index (χ1) is 10.0. The Morgan fingerprint density at radius 1 is 1.10 bits per heavy atom. The third-order valence-electron chi connectivity index (χ3n) is 4.44. The standard InChI is InChI=1S/C16H21F3N2/c17-16(18,19)13-3-1-2-12(10-13)11-20-14-6-8-21(9-7-14)15-4-5-15/h1-3,10,14-15,20H,4-9,11H2. The first-order valence-electron chi connectivity index (χ1n) is 7.66. The fourth-order valence-corrected chi connectivity index (χ4v) is 3.03. The Kier molecular flexibility index (Phi) is 4.22. The Morgan fingerprint density at radius 3 is 2.43 bits per heavy atom. The molecular weight excluding hydrogens is 277 g/mol. The van der Waals surface area contributed by atoms with Crippen molar-refractivity contribution in [2.45, 2.75) is 50.5 Å². The number of nitrogens with one attached hydrogen (secondary N) is 1. The van der Waals surface area contributed by atoms with Gasteiger partial charge in [0, 0.05) is 18.6 Å². The molecule has 1 heterocycles. The second-order valence-corrected chi connectivity index (χ2v) is 6.12. The predicted molar refractivity (Wildman–Crippen MR) is 75.9 cm³/mol. The molecule has 0 unspecified atom stereocenters. The molecule has 2 nitrogen and oxygen atoms in total. The maximum atomic E-state index is 12.7. The van der Waals surface area contributed by atoms with Crippen molar-refractivity contribution in [3.05, 3.63) is 35.4 Å². The lowest BCUT2D eigenvalue weighted by Crippen LogP contribution is -2.43. The Morgan fingerprint density at radius 2 is 1.81 bits per heavy atom. The quantitative estimate of drug-likeness (QED) is 0.916. The van der Waals surface area contributed by atoms with E-state index in [2.05, 4.69) is 10.2 Å². The number of rotatable bonds is 4. The molecule has 21 heavy (non-hydrogen) atoms. The molecule has 2 aliphatic rings. The molecule has 1 aromatic rings. The SMILES string of the molecule is FC(F)(F)c1cccc(CNC2CCN(C3CC3)CC2)c1. The van der Waals surface area contributed by atoms with Gasteiger partial charge in [-0.3, -0.25) is 0 Å². The van der Waals surface area contributed by atoms with Crippen LogP contribution >= 0.6 is 0 Å². The van der Waals surface area contributed by atoms with E-state index in [1.54, 1.807) is 6.07 Å². The van der Waals surface area contributed by atoms with E-state index in [0.29, 0.717) is 18.2 Å². The van der Waals surface area contributed by atoms with Crippen LogP contribution in [0.3, 0.4) is 0 Å². The number of alkyl halides is 3. The summed E-state index contributed by atoms with van der Waals surface area (Å²) in [6.45, 7) is 2.74. The summed E-state index contributed by atoms with van der Waals surface area (Å²) in [5, 5.41) is 3.40. The Labute approximate surface area is 123 Å². The molecule has 0 radical (unpaired) electrons. The first kappa shape index (κ1) is 14.9. The van der Waals surface area contributed by atoms with Crippen LogP contribution in [-0.4, -0.2) is 30.1 Å². The Bertz CT molecular complexity index is 475. The van der Waals surface area contributed by atoms with Crippen LogP contribution in [0.2, 0.25) is 0 Å². The van der Waals surface area contributed by atoms with Crippen LogP contribution in [0, 0.1) is 0 Å². The number of hydrogen-bond donors (Lipinski definition) is 1. The molecular formula is C16H21F3N2. The Balaban J connectivity index is 1.49. The summed E-state index contributed by atoms with van der Waals surface area (Å²) in [6.07, 6.45) is 0.598. The Hall–Kier alpha value is -1.07. The van der Waals surface area contributed by atoms with Gasteiger partial charge in [0.25, 0.3) is 0 Å². The third-order valence-corrected chi connectivity index (χ3v) is 4.44. The van der Waals surface area contributed by atoms with Gasteiger partial charge in [-0.05, 0) is 50.4 Å². The van der Waals surface area contributed by atoms with Crippen molar-refractivity contribution in [3.63, 3.8) is 0 Å². The number of piperidine rings is 1. The molecule has 0 atom stereocenters. The zero-order valence-electron chi connectivity index (χ0n) is 12.0. The minimum absolute atomic E-state index is 0.426. The van der Waals surface area contributed by atoms with Crippen LogP contribution in [0.15, 0.2) is 24.3 Å². The highest BCUT2D eigenvalue weighted by molar-refractivity contribution is 5.25. The second-order valence-electron chi connectivity index (χ2n) is 6.12. The van der Waals surface area contributed by atoms with Gasteiger partial charge in [-0.1, -0.05) is 18.2 Å². The maximum absolute atomic E-state index is 12.7. The third kappa shape index (κ3) is 3.98. The van der Waals surface area contributed by atoms with Gasteiger partial charge in [-0.2, -0.15) is 13.2 Å². The normalized spacial score (nSPS) is 21.7. The fraction of sp³-hybridized carbons (Fsp3) is 0.625. The van der Waals surface area contributed by atoms with Crippen molar-refractivity contribution in [1.29, 1.82) is 0 Å². The van der Waals surface area contributed by atoms with Crippen LogP contribution in [0.1, 0.15) is 36.8 Å². The topological polar surface area (TPSA) is 15.3 Å². The zero-order valence-corrected chi connectivity index (χ0v) is 12.0. The first-order valence-corrected chi connectivity index (χ1v) is 7.66. The molecule has 0 amide bonds. The number of hydrogen-bond acceptors (Lipinski definition) is 2. The zero-order chi connectivity index (χ0) is 14.9. The van der Waals surface area contributed by atoms with Gasteiger partial charge in [0.1, 0.15) is 0 Å². The summed E-state index contributed by atoms with van der Waals surface area (Å²) in [5.41, 5.74) is 0.139. The number of likely N-dealkylation sites (tertiary alicyclic amines) is 1. The van der Waals surface area contributed by atoms with E-state index in [-0.39, 0.29) is 0 Å². The summed E-state index contributed by atoms with van der Waals surface area (Å²) >= 11 is 0. The van der Waals surface area contributed by atoms with Gasteiger partial charge in [-0.15, -0.1) is 0 Å². The van der Waals surface area contributed by atoms with Crippen LogP contribution in [0.4, 0.5) is 13.2 Å².